The number of ether oxygens (including phenoxy) is 2. The van der Waals surface area contributed by atoms with Crippen LogP contribution in [0.2, 0.25) is 0 Å². The molecule has 4 nitrogen and oxygen atoms in total. The highest BCUT2D eigenvalue weighted by Gasteiger charge is 2.08. The minimum Gasteiger partial charge on any atom is -0.476 e. The first-order valence-corrected chi connectivity index (χ1v) is 6.02. The molecule has 0 saturated heterocycles. The van der Waals surface area contributed by atoms with Gasteiger partial charge in [0.05, 0.1) is 12.3 Å². The maximum atomic E-state index is 13.4. The largest absolute Gasteiger partial charge is 0.476 e. The van der Waals surface area contributed by atoms with Gasteiger partial charge in [-0.2, -0.15) is 4.98 Å². The lowest BCUT2D eigenvalue weighted by Crippen LogP contribution is -2.02. The molecule has 2 rings (SSSR count). The van der Waals surface area contributed by atoms with Crippen LogP contribution in [-0.4, -0.2) is 11.6 Å². The number of nitrogen functional groups attached to an aromatic ring is 1. The summed E-state index contributed by atoms with van der Waals surface area (Å²) in [6.45, 7) is 2.50. The molecule has 0 atom stereocenters. The minimum absolute atomic E-state index is 0.112. The number of pyridine rings is 1. The zero-order valence-corrected chi connectivity index (χ0v) is 10.6. The van der Waals surface area contributed by atoms with Gasteiger partial charge in [-0.3, -0.25) is 0 Å². The molecule has 2 N–H and O–H groups in total. The molecule has 0 aliphatic rings. The molecule has 5 heteroatoms. The van der Waals surface area contributed by atoms with Gasteiger partial charge in [-0.25, -0.2) is 4.39 Å². The van der Waals surface area contributed by atoms with E-state index in [2.05, 4.69) is 4.98 Å². The molecule has 0 fully saturated rings. The molecule has 19 heavy (non-hydrogen) atoms. The summed E-state index contributed by atoms with van der Waals surface area (Å²) >= 11 is 0. The average Bonchev–Trinajstić information content (AvgIpc) is 2.42. The number of rotatable bonds is 5. The summed E-state index contributed by atoms with van der Waals surface area (Å²) in [5, 5.41) is 0. The van der Waals surface area contributed by atoms with Gasteiger partial charge in [0.25, 0.3) is 0 Å². The maximum absolute atomic E-state index is 13.4. The molecule has 1 heterocycles. The molecule has 0 unspecified atom stereocenters. The molecule has 0 radical (unpaired) electrons. The smallest absolute Gasteiger partial charge is 0.240 e. The van der Waals surface area contributed by atoms with Crippen molar-refractivity contribution in [1.82, 2.24) is 4.98 Å². The molecule has 0 bridgehead atoms. The third kappa shape index (κ3) is 3.34. The van der Waals surface area contributed by atoms with Crippen LogP contribution in [0.5, 0.6) is 17.5 Å². The van der Waals surface area contributed by atoms with E-state index in [1.165, 1.54) is 12.1 Å². The molecule has 100 valence electrons. The van der Waals surface area contributed by atoms with Crippen LogP contribution in [0.4, 0.5) is 10.1 Å². The molecule has 0 amide bonds. The van der Waals surface area contributed by atoms with Crippen LogP contribution in [-0.2, 0) is 0 Å². The second kappa shape index (κ2) is 6.04. The maximum Gasteiger partial charge on any atom is 0.240 e. The number of anilines is 1. The molecule has 0 aliphatic carbocycles. The summed E-state index contributed by atoms with van der Waals surface area (Å²) in [6.07, 6.45) is 0.847. The van der Waals surface area contributed by atoms with Crippen LogP contribution in [0.1, 0.15) is 13.3 Å². The van der Waals surface area contributed by atoms with Crippen molar-refractivity contribution in [3.63, 3.8) is 0 Å². The van der Waals surface area contributed by atoms with Crippen molar-refractivity contribution in [3.05, 3.63) is 42.2 Å². The predicted octanol–water partition coefficient (Wildman–Crippen LogP) is 3.38. The first-order valence-electron chi connectivity index (χ1n) is 6.02. The highest BCUT2D eigenvalue weighted by molar-refractivity contribution is 5.49. The van der Waals surface area contributed by atoms with E-state index >= 15 is 0 Å². The van der Waals surface area contributed by atoms with Crippen molar-refractivity contribution >= 4 is 5.69 Å². The second-order valence-corrected chi connectivity index (χ2v) is 3.92. The fourth-order valence-corrected chi connectivity index (χ4v) is 1.45. The van der Waals surface area contributed by atoms with Crippen molar-refractivity contribution in [1.29, 1.82) is 0 Å². The number of para-hydroxylation sites is 1. The SMILES string of the molecule is CCCOc1nc(Oc2ccccc2F)ccc1N. The predicted molar refractivity (Wildman–Crippen MR) is 70.9 cm³/mol. The van der Waals surface area contributed by atoms with Crippen LogP contribution < -0.4 is 15.2 Å². The summed E-state index contributed by atoms with van der Waals surface area (Å²) in [7, 11) is 0. The zero-order valence-electron chi connectivity index (χ0n) is 10.6. The van der Waals surface area contributed by atoms with E-state index in [4.69, 9.17) is 15.2 Å². The van der Waals surface area contributed by atoms with Gasteiger partial charge >= 0.3 is 0 Å². The quantitative estimate of drug-likeness (QED) is 0.897. The summed E-state index contributed by atoms with van der Waals surface area (Å²) in [5.41, 5.74) is 6.16. The average molecular weight is 262 g/mol. The van der Waals surface area contributed by atoms with E-state index < -0.39 is 5.82 Å². The highest BCUT2D eigenvalue weighted by Crippen LogP contribution is 2.27. The topological polar surface area (TPSA) is 57.4 Å². The van der Waals surface area contributed by atoms with Gasteiger partial charge in [0.2, 0.25) is 11.8 Å². The van der Waals surface area contributed by atoms with E-state index in [-0.39, 0.29) is 11.6 Å². The number of hydrogen-bond donors (Lipinski definition) is 1. The third-order valence-electron chi connectivity index (χ3n) is 2.36. The standard InChI is InChI=1S/C14H15FN2O2/c1-2-9-18-14-11(16)7-8-13(17-14)19-12-6-4-3-5-10(12)15/h3-8H,2,9,16H2,1H3. The highest BCUT2D eigenvalue weighted by atomic mass is 19.1. The van der Waals surface area contributed by atoms with E-state index in [9.17, 15) is 4.39 Å². The molecule has 1 aromatic carbocycles. The van der Waals surface area contributed by atoms with Crippen LogP contribution in [0.3, 0.4) is 0 Å². The van der Waals surface area contributed by atoms with E-state index in [0.717, 1.165) is 6.42 Å². The Bertz CT molecular complexity index is 561. The second-order valence-electron chi connectivity index (χ2n) is 3.92. The van der Waals surface area contributed by atoms with Gasteiger partial charge in [0.1, 0.15) is 0 Å². The van der Waals surface area contributed by atoms with Crippen LogP contribution in [0.25, 0.3) is 0 Å². The van der Waals surface area contributed by atoms with Crippen LogP contribution in [0, 0.1) is 5.82 Å². The van der Waals surface area contributed by atoms with Crippen molar-refractivity contribution in [2.24, 2.45) is 0 Å². The van der Waals surface area contributed by atoms with Gasteiger partial charge in [-0.05, 0) is 24.6 Å². The van der Waals surface area contributed by atoms with E-state index in [1.807, 2.05) is 6.92 Å². The molecular formula is C14H15FN2O2. The molecule has 0 spiro atoms. The Labute approximate surface area is 111 Å². The first-order chi connectivity index (χ1) is 9.20. The Balaban J connectivity index is 2.19. The summed E-state index contributed by atoms with van der Waals surface area (Å²) in [4.78, 5) is 4.11. The van der Waals surface area contributed by atoms with Gasteiger partial charge in [0, 0.05) is 6.07 Å². The number of aromatic nitrogens is 1. The molecule has 0 aliphatic heterocycles. The molecule has 1 aromatic heterocycles. The minimum atomic E-state index is -0.447. The Morgan fingerprint density at radius 1 is 1.21 bits per heavy atom. The number of halogens is 1. The summed E-state index contributed by atoms with van der Waals surface area (Å²) in [6, 6.07) is 9.31. The number of nitrogens with zero attached hydrogens (tertiary/aromatic N) is 1. The Morgan fingerprint density at radius 2 is 2.00 bits per heavy atom. The molecule has 0 saturated carbocycles. The lowest BCUT2D eigenvalue weighted by atomic mass is 10.3. The van der Waals surface area contributed by atoms with E-state index in [0.29, 0.717) is 18.2 Å². The van der Waals surface area contributed by atoms with Crippen molar-refractivity contribution < 1.29 is 13.9 Å². The monoisotopic (exact) mass is 262 g/mol. The molecule has 2 aromatic rings. The Hall–Kier alpha value is -2.30. The van der Waals surface area contributed by atoms with Crippen LogP contribution in [0.15, 0.2) is 36.4 Å². The summed E-state index contributed by atoms with van der Waals surface area (Å²) in [5.74, 6) is 0.208. The fourth-order valence-electron chi connectivity index (χ4n) is 1.45. The normalized spacial score (nSPS) is 10.2. The van der Waals surface area contributed by atoms with Gasteiger partial charge in [-0.1, -0.05) is 19.1 Å². The molecular weight excluding hydrogens is 247 g/mol. The van der Waals surface area contributed by atoms with Crippen molar-refractivity contribution in [2.75, 3.05) is 12.3 Å². The Morgan fingerprint density at radius 3 is 2.74 bits per heavy atom. The fraction of sp³-hybridized carbons (Fsp3) is 0.214. The Kier molecular flexibility index (Phi) is 4.18. The summed E-state index contributed by atoms with van der Waals surface area (Å²) < 4.78 is 24.2. The van der Waals surface area contributed by atoms with Gasteiger partial charge in [0.15, 0.2) is 11.6 Å². The number of benzene rings is 1. The van der Waals surface area contributed by atoms with Crippen molar-refractivity contribution in [2.45, 2.75) is 13.3 Å². The van der Waals surface area contributed by atoms with Crippen LogP contribution >= 0.6 is 0 Å². The van der Waals surface area contributed by atoms with Crippen molar-refractivity contribution in [3.8, 4) is 17.5 Å². The van der Waals surface area contributed by atoms with Gasteiger partial charge < -0.3 is 15.2 Å². The lowest BCUT2D eigenvalue weighted by molar-refractivity contribution is 0.302. The third-order valence-corrected chi connectivity index (χ3v) is 2.36. The first kappa shape index (κ1) is 13.1. The number of nitrogens with two attached hydrogens (primary N) is 1. The van der Waals surface area contributed by atoms with Gasteiger partial charge in [-0.15, -0.1) is 0 Å². The zero-order chi connectivity index (χ0) is 13.7. The lowest BCUT2D eigenvalue weighted by Gasteiger charge is -2.10. The van der Waals surface area contributed by atoms with E-state index in [1.54, 1.807) is 24.3 Å². The number of hydrogen-bond acceptors (Lipinski definition) is 4.